The van der Waals surface area contributed by atoms with Gasteiger partial charge in [0, 0.05) is 12.4 Å². The van der Waals surface area contributed by atoms with Gasteiger partial charge >= 0.3 is 0 Å². The van der Waals surface area contributed by atoms with Gasteiger partial charge in [0.05, 0.1) is 11.6 Å². The first-order valence-corrected chi connectivity index (χ1v) is 5.18. The van der Waals surface area contributed by atoms with Crippen LogP contribution in [0.25, 0.3) is 11.5 Å². The van der Waals surface area contributed by atoms with Gasteiger partial charge in [-0.3, -0.25) is 4.98 Å². The molecule has 5 heteroatoms. The molecule has 1 unspecified atom stereocenters. The Morgan fingerprint density at radius 1 is 1.38 bits per heavy atom. The second kappa shape index (κ2) is 4.40. The zero-order valence-electron chi connectivity index (χ0n) is 9.29. The highest BCUT2D eigenvalue weighted by Crippen LogP contribution is 2.20. The largest absolute Gasteiger partial charge is 0.334 e. The monoisotopic (exact) mass is 218 g/mol. The minimum Gasteiger partial charge on any atom is -0.334 e. The molecular weight excluding hydrogens is 204 g/mol. The molecule has 2 rings (SSSR count). The first-order valence-electron chi connectivity index (χ1n) is 5.18. The highest BCUT2D eigenvalue weighted by Gasteiger charge is 2.17. The van der Waals surface area contributed by atoms with Crippen LogP contribution in [0.4, 0.5) is 0 Å². The number of hydrogen-bond acceptors (Lipinski definition) is 5. The van der Waals surface area contributed by atoms with E-state index in [1.54, 1.807) is 12.4 Å². The van der Waals surface area contributed by atoms with Crippen molar-refractivity contribution in [1.82, 2.24) is 15.1 Å². The Hall–Kier alpha value is -1.75. The van der Waals surface area contributed by atoms with Crippen LogP contribution in [0, 0.1) is 5.92 Å². The highest BCUT2D eigenvalue weighted by atomic mass is 16.5. The van der Waals surface area contributed by atoms with E-state index in [0.29, 0.717) is 11.7 Å². The number of rotatable bonds is 3. The van der Waals surface area contributed by atoms with Gasteiger partial charge in [-0.2, -0.15) is 4.98 Å². The molecule has 0 aliphatic rings. The molecule has 0 amide bonds. The number of aromatic nitrogens is 3. The lowest BCUT2D eigenvalue weighted by atomic mass is 10.1. The number of pyridine rings is 1. The second-order valence-electron chi connectivity index (χ2n) is 3.97. The molecule has 84 valence electrons. The highest BCUT2D eigenvalue weighted by molar-refractivity contribution is 5.50. The maximum Gasteiger partial charge on any atom is 0.259 e. The average molecular weight is 218 g/mol. The number of nitrogens with zero attached hydrogens (tertiary/aromatic N) is 3. The van der Waals surface area contributed by atoms with E-state index in [0.717, 1.165) is 5.56 Å². The van der Waals surface area contributed by atoms with Crippen molar-refractivity contribution in [2.45, 2.75) is 19.9 Å². The first kappa shape index (κ1) is 10.8. The topological polar surface area (TPSA) is 77.8 Å². The Bertz CT molecular complexity index is 452. The predicted octanol–water partition coefficient (Wildman–Crippen LogP) is 1.79. The Morgan fingerprint density at radius 3 is 2.81 bits per heavy atom. The van der Waals surface area contributed by atoms with E-state index in [1.165, 1.54) is 0 Å². The molecule has 2 N–H and O–H groups in total. The lowest BCUT2D eigenvalue weighted by molar-refractivity contribution is 0.400. The molecule has 1 atom stereocenters. The summed E-state index contributed by atoms with van der Waals surface area (Å²) in [4.78, 5) is 8.25. The van der Waals surface area contributed by atoms with Crippen molar-refractivity contribution >= 4 is 0 Å². The fraction of sp³-hybridized carbons (Fsp3) is 0.364. The van der Waals surface area contributed by atoms with Crippen LogP contribution in [0.5, 0.6) is 0 Å². The zero-order chi connectivity index (χ0) is 11.5. The normalized spacial score (nSPS) is 13.0. The molecule has 0 saturated heterocycles. The Morgan fingerprint density at radius 2 is 2.19 bits per heavy atom. The summed E-state index contributed by atoms with van der Waals surface area (Å²) in [6.07, 6.45) is 3.37. The van der Waals surface area contributed by atoms with Crippen molar-refractivity contribution in [3.8, 4) is 11.5 Å². The van der Waals surface area contributed by atoms with Crippen molar-refractivity contribution in [2.24, 2.45) is 11.7 Å². The van der Waals surface area contributed by atoms with Gasteiger partial charge in [0.1, 0.15) is 0 Å². The van der Waals surface area contributed by atoms with Crippen molar-refractivity contribution in [3.63, 3.8) is 0 Å². The van der Waals surface area contributed by atoms with Crippen LogP contribution in [0.1, 0.15) is 25.7 Å². The third-order valence-corrected chi connectivity index (χ3v) is 2.37. The SMILES string of the molecule is CC(C)C(N)c1noc(-c2cccnc2)n1. The van der Waals surface area contributed by atoms with Crippen LogP contribution in [0.3, 0.4) is 0 Å². The van der Waals surface area contributed by atoms with Crippen molar-refractivity contribution < 1.29 is 4.52 Å². The molecule has 0 aromatic carbocycles. The van der Waals surface area contributed by atoms with Gasteiger partial charge in [-0.05, 0) is 18.1 Å². The molecule has 2 aromatic rings. The van der Waals surface area contributed by atoms with E-state index in [9.17, 15) is 0 Å². The van der Waals surface area contributed by atoms with E-state index in [-0.39, 0.29) is 12.0 Å². The minimum atomic E-state index is -0.200. The molecule has 2 heterocycles. The summed E-state index contributed by atoms with van der Waals surface area (Å²) in [5.41, 5.74) is 6.73. The minimum absolute atomic E-state index is 0.200. The van der Waals surface area contributed by atoms with Crippen LogP contribution >= 0.6 is 0 Å². The van der Waals surface area contributed by atoms with Crippen LogP contribution in [0.2, 0.25) is 0 Å². The summed E-state index contributed by atoms with van der Waals surface area (Å²) in [5.74, 6) is 1.27. The summed E-state index contributed by atoms with van der Waals surface area (Å²) in [5, 5.41) is 3.87. The van der Waals surface area contributed by atoms with Gasteiger partial charge in [0.2, 0.25) is 0 Å². The summed E-state index contributed by atoms with van der Waals surface area (Å²) in [7, 11) is 0. The Balaban J connectivity index is 2.27. The smallest absolute Gasteiger partial charge is 0.259 e. The number of nitrogens with two attached hydrogens (primary N) is 1. The third-order valence-electron chi connectivity index (χ3n) is 2.37. The van der Waals surface area contributed by atoms with E-state index >= 15 is 0 Å². The van der Waals surface area contributed by atoms with Crippen molar-refractivity contribution in [1.29, 1.82) is 0 Å². The predicted molar refractivity (Wildman–Crippen MR) is 59.3 cm³/mol. The van der Waals surface area contributed by atoms with Crippen LogP contribution < -0.4 is 5.73 Å². The van der Waals surface area contributed by atoms with E-state index in [1.807, 2.05) is 26.0 Å². The third kappa shape index (κ3) is 2.09. The average Bonchev–Trinajstić information content (AvgIpc) is 2.78. The molecule has 0 spiro atoms. The Labute approximate surface area is 93.7 Å². The molecule has 0 aliphatic carbocycles. The van der Waals surface area contributed by atoms with Crippen molar-refractivity contribution in [3.05, 3.63) is 30.4 Å². The zero-order valence-corrected chi connectivity index (χ0v) is 9.29. The maximum atomic E-state index is 5.93. The lowest BCUT2D eigenvalue weighted by Gasteiger charge is -2.09. The molecule has 0 fully saturated rings. The molecule has 0 radical (unpaired) electrons. The maximum absolute atomic E-state index is 5.93. The fourth-order valence-electron chi connectivity index (χ4n) is 1.27. The molecule has 16 heavy (non-hydrogen) atoms. The quantitative estimate of drug-likeness (QED) is 0.849. The summed E-state index contributed by atoms with van der Waals surface area (Å²) >= 11 is 0. The van der Waals surface area contributed by atoms with Crippen LogP contribution in [0.15, 0.2) is 29.0 Å². The van der Waals surface area contributed by atoms with Crippen LogP contribution in [-0.2, 0) is 0 Å². The van der Waals surface area contributed by atoms with Gasteiger partial charge in [0.25, 0.3) is 5.89 Å². The lowest BCUT2D eigenvalue weighted by Crippen LogP contribution is -2.18. The van der Waals surface area contributed by atoms with Crippen LogP contribution in [-0.4, -0.2) is 15.1 Å². The fourth-order valence-corrected chi connectivity index (χ4v) is 1.27. The van der Waals surface area contributed by atoms with E-state index < -0.39 is 0 Å². The second-order valence-corrected chi connectivity index (χ2v) is 3.97. The molecule has 2 aromatic heterocycles. The Kier molecular flexibility index (Phi) is 2.96. The van der Waals surface area contributed by atoms with Gasteiger partial charge in [0.15, 0.2) is 5.82 Å². The summed E-state index contributed by atoms with van der Waals surface area (Å²) in [6.45, 7) is 4.04. The van der Waals surface area contributed by atoms with E-state index in [4.69, 9.17) is 10.3 Å². The molecular formula is C11H14N4O. The van der Waals surface area contributed by atoms with Crippen molar-refractivity contribution in [2.75, 3.05) is 0 Å². The van der Waals surface area contributed by atoms with Gasteiger partial charge in [-0.1, -0.05) is 19.0 Å². The molecule has 0 aliphatic heterocycles. The summed E-state index contributed by atoms with van der Waals surface area (Å²) < 4.78 is 5.14. The molecule has 5 nitrogen and oxygen atoms in total. The standard InChI is InChI=1S/C11H14N4O/c1-7(2)9(12)10-14-11(16-15-10)8-4-3-5-13-6-8/h3-7,9H,12H2,1-2H3. The molecule has 0 bridgehead atoms. The van der Waals surface area contributed by atoms with Gasteiger partial charge in [-0.15, -0.1) is 0 Å². The van der Waals surface area contributed by atoms with E-state index in [2.05, 4.69) is 15.1 Å². The summed E-state index contributed by atoms with van der Waals surface area (Å²) in [6, 6.07) is 3.49. The van der Waals surface area contributed by atoms with Gasteiger partial charge < -0.3 is 10.3 Å². The number of hydrogen-bond donors (Lipinski definition) is 1. The first-order chi connectivity index (χ1) is 7.68. The van der Waals surface area contributed by atoms with Gasteiger partial charge in [-0.25, -0.2) is 0 Å². The molecule has 0 saturated carbocycles.